The highest BCUT2D eigenvalue weighted by atomic mass is 19.1. The van der Waals surface area contributed by atoms with E-state index in [1.165, 1.54) is 12.1 Å². The predicted octanol–water partition coefficient (Wildman–Crippen LogP) is 2.81. The fourth-order valence-corrected chi connectivity index (χ4v) is 2.19. The van der Waals surface area contributed by atoms with Crippen molar-refractivity contribution < 1.29 is 4.39 Å². The molecule has 0 fully saturated rings. The van der Waals surface area contributed by atoms with Crippen molar-refractivity contribution in [2.45, 2.75) is 6.42 Å². The Bertz CT molecular complexity index is 812. The van der Waals surface area contributed by atoms with E-state index in [1.807, 2.05) is 24.3 Å². The van der Waals surface area contributed by atoms with Crippen molar-refractivity contribution >= 4 is 17.0 Å². The topological polar surface area (TPSA) is 67.6 Å². The lowest BCUT2D eigenvalue weighted by atomic mass is 10.1. The molecule has 3 rings (SSSR count). The summed E-state index contributed by atoms with van der Waals surface area (Å²) < 4.78 is 15.1. The molecule has 0 amide bonds. The molecule has 0 radical (unpaired) electrons. The number of nitrogens with zero attached hydrogens (tertiary/aromatic N) is 3. The zero-order valence-electron chi connectivity index (χ0n) is 10.5. The van der Waals surface area contributed by atoms with Crippen LogP contribution < -0.4 is 5.73 Å². The number of hydrogen-bond acceptors (Lipinski definition) is 3. The van der Waals surface area contributed by atoms with Gasteiger partial charge in [0.2, 0.25) is 5.95 Å². The van der Waals surface area contributed by atoms with E-state index < -0.39 is 0 Å². The Labute approximate surface area is 114 Å². The van der Waals surface area contributed by atoms with E-state index >= 15 is 0 Å². The Hall–Kier alpha value is -2.87. The first-order valence-corrected chi connectivity index (χ1v) is 6.09. The molecule has 5 heteroatoms. The second kappa shape index (κ2) is 4.67. The number of rotatable bonds is 2. The van der Waals surface area contributed by atoms with Crippen LogP contribution in [0.3, 0.4) is 0 Å². The third-order valence-electron chi connectivity index (χ3n) is 3.12. The van der Waals surface area contributed by atoms with Crippen LogP contribution in [0.15, 0.2) is 42.5 Å². The van der Waals surface area contributed by atoms with Crippen molar-refractivity contribution in [1.82, 2.24) is 9.55 Å². The maximum Gasteiger partial charge on any atom is 0.205 e. The Kier molecular flexibility index (Phi) is 2.84. The highest BCUT2D eigenvalue weighted by Gasteiger charge is 2.10. The lowest BCUT2D eigenvalue weighted by Gasteiger charge is -2.07. The van der Waals surface area contributed by atoms with E-state index in [0.717, 1.165) is 11.3 Å². The Morgan fingerprint density at radius 1 is 1.20 bits per heavy atom. The van der Waals surface area contributed by atoms with Crippen LogP contribution in [-0.4, -0.2) is 9.55 Å². The van der Waals surface area contributed by atoms with Gasteiger partial charge in [-0.2, -0.15) is 5.26 Å². The summed E-state index contributed by atoms with van der Waals surface area (Å²) in [5.41, 5.74) is 8.88. The molecule has 1 aromatic heterocycles. The van der Waals surface area contributed by atoms with E-state index in [0.29, 0.717) is 23.4 Å². The van der Waals surface area contributed by atoms with Crippen LogP contribution in [0, 0.1) is 17.1 Å². The van der Waals surface area contributed by atoms with E-state index in [1.54, 1.807) is 10.6 Å². The third kappa shape index (κ3) is 1.97. The first-order chi connectivity index (χ1) is 9.69. The fraction of sp³-hybridized carbons (Fsp3) is 0.0667. The molecule has 0 aliphatic rings. The number of hydrogen-bond donors (Lipinski definition) is 1. The molecule has 0 atom stereocenters. The first kappa shape index (κ1) is 12.2. The molecular formula is C15H11FN4. The van der Waals surface area contributed by atoms with Gasteiger partial charge < -0.3 is 5.73 Å². The first-order valence-electron chi connectivity index (χ1n) is 6.09. The molecule has 0 aliphatic carbocycles. The normalized spacial score (nSPS) is 10.6. The molecule has 2 aromatic carbocycles. The summed E-state index contributed by atoms with van der Waals surface area (Å²) in [5, 5.41) is 8.66. The zero-order chi connectivity index (χ0) is 14.1. The number of benzene rings is 2. The molecule has 0 spiro atoms. The summed E-state index contributed by atoms with van der Waals surface area (Å²) in [6, 6.07) is 13.8. The maximum atomic E-state index is 13.4. The van der Waals surface area contributed by atoms with E-state index in [4.69, 9.17) is 11.0 Å². The molecule has 2 N–H and O–H groups in total. The van der Waals surface area contributed by atoms with Crippen LogP contribution in [-0.2, 0) is 6.42 Å². The lowest BCUT2D eigenvalue weighted by Crippen LogP contribution is -2.00. The highest BCUT2D eigenvalue weighted by molar-refractivity contribution is 5.80. The molecule has 0 saturated carbocycles. The highest BCUT2D eigenvalue weighted by Crippen LogP contribution is 2.24. The second-order valence-corrected chi connectivity index (χ2v) is 4.44. The minimum absolute atomic E-state index is 0.304. The van der Waals surface area contributed by atoms with Crippen LogP contribution in [0.4, 0.5) is 10.3 Å². The zero-order valence-corrected chi connectivity index (χ0v) is 10.5. The molecule has 0 unspecified atom stereocenters. The van der Waals surface area contributed by atoms with Gasteiger partial charge in [-0.1, -0.05) is 12.1 Å². The van der Waals surface area contributed by atoms with Crippen LogP contribution in [0.25, 0.3) is 16.7 Å². The number of fused-ring (bicyclic) bond motifs is 1. The number of aromatic nitrogens is 2. The minimum atomic E-state index is -0.334. The number of nitriles is 1. The standard InChI is InChI=1S/C15H11FN4/c16-11-3-6-13-14(9-11)20(15(18)19-13)12-4-1-10(2-5-12)7-8-17/h1-6,9H,7H2,(H2,18,19). The van der Waals surface area contributed by atoms with Crippen LogP contribution in [0.5, 0.6) is 0 Å². The van der Waals surface area contributed by atoms with Gasteiger partial charge in [0.1, 0.15) is 5.82 Å². The second-order valence-electron chi connectivity index (χ2n) is 4.44. The van der Waals surface area contributed by atoms with E-state index in [9.17, 15) is 4.39 Å². The van der Waals surface area contributed by atoms with Crippen molar-refractivity contribution in [3.8, 4) is 11.8 Å². The summed E-state index contributed by atoms with van der Waals surface area (Å²) in [5.74, 6) is -0.0293. The van der Waals surface area contributed by atoms with Crippen molar-refractivity contribution in [3.63, 3.8) is 0 Å². The monoisotopic (exact) mass is 266 g/mol. The molecule has 0 aliphatic heterocycles. The SMILES string of the molecule is N#CCc1ccc(-n2c(N)nc3ccc(F)cc32)cc1. The number of nitrogens with two attached hydrogens (primary N) is 1. The van der Waals surface area contributed by atoms with Gasteiger partial charge in [-0.3, -0.25) is 4.57 Å². The molecule has 98 valence electrons. The van der Waals surface area contributed by atoms with E-state index in [2.05, 4.69) is 11.1 Å². The van der Waals surface area contributed by atoms with Gasteiger partial charge in [-0.15, -0.1) is 0 Å². The molecule has 1 heterocycles. The Morgan fingerprint density at radius 3 is 2.65 bits per heavy atom. The largest absolute Gasteiger partial charge is 0.369 e. The molecule has 4 nitrogen and oxygen atoms in total. The van der Waals surface area contributed by atoms with Crippen molar-refractivity contribution in [3.05, 3.63) is 53.8 Å². The smallest absolute Gasteiger partial charge is 0.205 e. The average Bonchev–Trinajstić information content (AvgIpc) is 2.76. The van der Waals surface area contributed by atoms with Gasteiger partial charge in [0.15, 0.2) is 0 Å². The van der Waals surface area contributed by atoms with Gasteiger partial charge in [0.25, 0.3) is 0 Å². The number of halogens is 1. The molecule has 20 heavy (non-hydrogen) atoms. The summed E-state index contributed by atoms with van der Waals surface area (Å²) in [6.45, 7) is 0. The Morgan fingerprint density at radius 2 is 1.95 bits per heavy atom. The summed E-state index contributed by atoms with van der Waals surface area (Å²) in [6.07, 6.45) is 0.356. The summed E-state index contributed by atoms with van der Waals surface area (Å²) >= 11 is 0. The average molecular weight is 266 g/mol. The Balaban J connectivity index is 2.16. The summed E-state index contributed by atoms with van der Waals surface area (Å²) in [7, 11) is 0. The molecule has 0 bridgehead atoms. The quantitative estimate of drug-likeness (QED) is 0.775. The van der Waals surface area contributed by atoms with Gasteiger partial charge in [0, 0.05) is 11.8 Å². The molecular weight excluding hydrogens is 255 g/mol. The number of imidazole rings is 1. The van der Waals surface area contributed by atoms with E-state index in [-0.39, 0.29) is 5.82 Å². The maximum absolute atomic E-state index is 13.4. The molecule has 3 aromatic rings. The van der Waals surface area contributed by atoms with Crippen molar-refractivity contribution in [1.29, 1.82) is 5.26 Å². The van der Waals surface area contributed by atoms with Crippen LogP contribution in [0.2, 0.25) is 0 Å². The summed E-state index contributed by atoms with van der Waals surface area (Å²) in [4.78, 5) is 4.21. The minimum Gasteiger partial charge on any atom is -0.369 e. The lowest BCUT2D eigenvalue weighted by molar-refractivity contribution is 0.629. The third-order valence-corrected chi connectivity index (χ3v) is 3.12. The van der Waals surface area contributed by atoms with Crippen molar-refractivity contribution in [2.75, 3.05) is 5.73 Å². The van der Waals surface area contributed by atoms with Crippen molar-refractivity contribution in [2.24, 2.45) is 0 Å². The van der Waals surface area contributed by atoms with Gasteiger partial charge in [0.05, 0.1) is 23.5 Å². The fourth-order valence-electron chi connectivity index (χ4n) is 2.19. The van der Waals surface area contributed by atoms with Gasteiger partial charge in [-0.25, -0.2) is 9.37 Å². The van der Waals surface area contributed by atoms with Crippen LogP contribution in [0.1, 0.15) is 5.56 Å². The van der Waals surface area contributed by atoms with Gasteiger partial charge >= 0.3 is 0 Å². The van der Waals surface area contributed by atoms with Gasteiger partial charge in [-0.05, 0) is 29.8 Å². The number of nitrogen functional groups attached to an aromatic ring is 1. The van der Waals surface area contributed by atoms with Crippen LogP contribution >= 0.6 is 0 Å². The molecule has 0 saturated heterocycles. The predicted molar refractivity (Wildman–Crippen MR) is 74.8 cm³/mol. The number of anilines is 1.